The van der Waals surface area contributed by atoms with Gasteiger partial charge in [0.2, 0.25) is 4.96 Å². The molecular weight excluding hydrogens is 266 g/mol. The topological polar surface area (TPSA) is 30.2 Å². The Balaban J connectivity index is 1.58. The van der Waals surface area contributed by atoms with Crippen LogP contribution >= 0.6 is 11.3 Å². The fourth-order valence-electron chi connectivity index (χ4n) is 5.56. The highest BCUT2D eigenvalue weighted by Crippen LogP contribution is 2.60. The van der Waals surface area contributed by atoms with E-state index in [1.165, 1.54) is 49.2 Å². The molecule has 2 aromatic heterocycles. The van der Waals surface area contributed by atoms with Crippen LogP contribution in [0.25, 0.3) is 4.96 Å². The van der Waals surface area contributed by atoms with Crippen LogP contribution in [0.3, 0.4) is 0 Å². The molecule has 2 aromatic rings. The molecular formula is C16H21N3S. The van der Waals surface area contributed by atoms with E-state index in [1.807, 2.05) is 4.52 Å². The summed E-state index contributed by atoms with van der Waals surface area (Å²) in [6.07, 6.45) is 11.9. The van der Waals surface area contributed by atoms with Crippen molar-refractivity contribution in [3.8, 4) is 0 Å². The lowest BCUT2D eigenvalue weighted by Gasteiger charge is -2.56. The van der Waals surface area contributed by atoms with E-state index >= 15 is 0 Å². The zero-order valence-corrected chi connectivity index (χ0v) is 12.8. The number of aromatic nitrogens is 3. The van der Waals surface area contributed by atoms with Crippen molar-refractivity contribution in [3.63, 3.8) is 0 Å². The predicted molar refractivity (Wildman–Crippen MR) is 80.1 cm³/mol. The van der Waals surface area contributed by atoms with Crippen molar-refractivity contribution < 1.29 is 0 Å². The molecule has 20 heavy (non-hydrogen) atoms. The second-order valence-corrected chi connectivity index (χ2v) is 8.44. The van der Waals surface area contributed by atoms with E-state index in [4.69, 9.17) is 4.98 Å². The molecule has 0 saturated heterocycles. The van der Waals surface area contributed by atoms with E-state index < -0.39 is 0 Å². The molecule has 0 unspecified atom stereocenters. The molecule has 4 aliphatic rings. The summed E-state index contributed by atoms with van der Waals surface area (Å²) in [5.41, 5.74) is 1.77. The van der Waals surface area contributed by atoms with Gasteiger partial charge in [-0.1, -0.05) is 18.3 Å². The van der Waals surface area contributed by atoms with E-state index in [2.05, 4.69) is 18.2 Å². The molecule has 4 heteroatoms. The first-order valence-corrected chi connectivity index (χ1v) is 8.91. The van der Waals surface area contributed by atoms with Crippen molar-refractivity contribution in [1.29, 1.82) is 0 Å². The summed E-state index contributed by atoms with van der Waals surface area (Å²) in [6.45, 7) is 2.16. The molecule has 6 rings (SSSR count). The summed E-state index contributed by atoms with van der Waals surface area (Å²) >= 11 is 1.76. The highest BCUT2D eigenvalue weighted by Gasteiger charge is 2.52. The largest absolute Gasteiger partial charge is 0.222 e. The van der Waals surface area contributed by atoms with Gasteiger partial charge in [-0.2, -0.15) is 5.10 Å². The monoisotopic (exact) mass is 287 g/mol. The zero-order chi connectivity index (χ0) is 13.3. The van der Waals surface area contributed by atoms with Crippen LogP contribution in [0.15, 0.2) is 6.20 Å². The van der Waals surface area contributed by atoms with Gasteiger partial charge < -0.3 is 0 Å². The molecule has 0 amide bonds. The van der Waals surface area contributed by atoms with Crippen LogP contribution in [0.2, 0.25) is 0 Å². The van der Waals surface area contributed by atoms with Gasteiger partial charge in [0.15, 0.2) is 0 Å². The third-order valence-corrected chi connectivity index (χ3v) is 7.04. The van der Waals surface area contributed by atoms with E-state index in [1.54, 1.807) is 11.3 Å². The lowest BCUT2D eigenvalue weighted by molar-refractivity contribution is -0.00698. The Morgan fingerprint density at radius 3 is 2.40 bits per heavy atom. The minimum Gasteiger partial charge on any atom is -0.222 e. The average Bonchev–Trinajstić information content (AvgIpc) is 2.94. The molecule has 4 fully saturated rings. The molecule has 0 spiro atoms. The molecule has 0 atom stereocenters. The average molecular weight is 287 g/mol. The van der Waals surface area contributed by atoms with Crippen LogP contribution in [-0.2, 0) is 11.8 Å². The van der Waals surface area contributed by atoms with Gasteiger partial charge in [0.1, 0.15) is 5.01 Å². The molecule has 0 N–H and O–H groups in total. The second-order valence-electron chi connectivity index (χ2n) is 7.40. The van der Waals surface area contributed by atoms with Gasteiger partial charge >= 0.3 is 0 Å². The van der Waals surface area contributed by atoms with Crippen molar-refractivity contribution in [2.75, 3.05) is 0 Å². The Kier molecular flexibility index (Phi) is 2.25. The maximum absolute atomic E-state index is 4.99. The van der Waals surface area contributed by atoms with E-state index in [0.29, 0.717) is 5.41 Å². The first-order valence-electron chi connectivity index (χ1n) is 8.10. The summed E-state index contributed by atoms with van der Waals surface area (Å²) in [5, 5.41) is 5.85. The lowest BCUT2D eigenvalue weighted by atomic mass is 9.49. The molecule has 106 valence electrons. The van der Waals surface area contributed by atoms with Crippen molar-refractivity contribution in [2.24, 2.45) is 17.8 Å². The smallest absolute Gasteiger partial charge is 0.212 e. The van der Waals surface area contributed by atoms with Gasteiger partial charge in [-0.15, -0.1) is 0 Å². The van der Waals surface area contributed by atoms with Crippen molar-refractivity contribution >= 4 is 16.3 Å². The quantitative estimate of drug-likeness (QED) is 0.840. The summed E-state index contributed by atoms with van der Waals surface area (Å²) in [6, 6.07) is 0. The van der Waals surface area contributed by atoms with E-state index in [0.717, 1.165) is 29.1 Å². The molecule has 3 nitrogen and oxygen atoms in total. The van der Waals surface area contributed by atoms with Crippen LogP contribution in [-0.4, -0.2) is 14.6 Å². The highest BCUT2D eigenvalue weighted by molar-refractivity contribution is 7.16. The number of imidazole rings is 1. The number of rotatable bonds is 2. The third kappa shape index (κ3) is 1.51. The SMILES string of the molecule is CCc1nn2cc(C34CC5CC(CC(C5)C3)C4)nc2s1. The summed E-state index contributed by atoms with van der Waals surface area (Å²) < 4.78 is 2.04. The lowest BCUT2D eigenvalue weighted by Crippen LogP contribution is -2.48. The minimum atomic E-state index is 0.411. The minimum absolute atomic E-state index is 0.411. The molecule has 4 bridgehead atoms. The van der Waals surface area contributed by atoms with Gasteiger partial charge in [-0.05, 0) is 62.7 Å². The normalized spacial score (nSPS) is 39.0. The maximum atomic E-state index is 4.99. The number of hydrogen-bond donors (Lipinski definition) is 0. The van der Waals surface area contributed by atoms with Crippen LogP contribution in [0.5, 0.6) is 0 Å². The summed E-state index contributed by atoms with van der Waals surface area (Å²) in [4.78, 5) is 6.09. The summed E-state index contributed by atoms with van der Waals surface area (Å²) in [5.74, 6) is 2.96. The van der Waals surface area contributed by atoms with Gasteiger partial charge in [-0.25, -0.2) is 9.50 Å². The Labute approximate surface area is 123 Å². The van der Waals surface area contributed by atoms with Gasteiger partial charge in [0.05, 0.1) is 11.9 Å². The predicted octanol–water partition coefficient (Wildman–Crippen LogP) is 3.82. The molecule has 0 aliphatic heterocycles. The third-order valence-electron chi connectivity index (χ3n) is 5.97. The number of aryl methyl sites for hydroxylation is 1. The molecule has 4 aliphatic carbocycles. The van der Waals surface area contributed by atoms with E-state index in [-0.39, 0.29) is 0 Å². The van der Waals surface area contributed by atoms with Crippen molar-refractivity contribution in [2.45, 2.75) is 57.3 Å². The number of hydrogen-bond acceptors (Lipinski definition) is 3. The Bertz CT molecular complexity index is 602. The molecule has 0 aromatic carbocycles. The standard InChI is InChI=1S/C16H21N3S/c1-2-14-18-19-9-13(17-15(19)20-14)16-6-10-3-11(7-16)5-12(4-10)8-16/h9-12H,2-8H2,1H3. The Morgan fingerprint density at radius 2 is 1.85 bits per heavy atom. The summed E-state index contributed by atoms with van der Waals surface area (Å²) in [7, 11) is 0. The Hall–Kier alpha value is -0.900. The molecule has 2 heterocycles. The maximum Gasteiger partial charge on any atom is 0.212 e. The van der Waals surface area contributed by atoms with Crippen molar-refractivity contribution in [3.05, 3.63) is 16.9 Å². The second kappa shape index (κ2) is 3.85. The number of fused-ring (bicyclic) bond motifs is 1. The van der Waals surface area contributed by atoms with Crippen LogP contribution in [0.1, 0.15) is 56.2 Å². The number of nitrogens with zero attached hydrogens (tertiary/aromatic N) is 3. The zero-order valence-electron chi connectivity index (χ0n) is 12.0. The van der Waals surface area contributed by atoms with Gasteiger partial charge in [0.25, 0.3) is 0 Å². The molecule has 0 radical (unpaired) electrons. The first kappa shape index (κ1) is 11.7. The van der Waals surface area contributed by atoms with Crippen molar-refractivity contribution in [1.82, 2.24) is 14.6 Å². The van der Waals surface area contributed by atoms with Crippen LogP contribution < -0.4 is 0 Å². The van der Waals surface area contributed by atoms with Crippen LogP contribution in [0.4, 0.5) is 0 Å². The van der Waals surface area contributed by atoms with Gasteiger partial charge in [0, 0.05) is 5.41 Å². The fraction of sp³-hybridized carbons (Fsp3) is 0.750. The van der Waals surface area contributed by atoms with Gasteiger partial charge in [-0.3, -0.25) is 0 Å². The van der Waals surface area contributed by atoms with E-state index in [9.17, 15) is 0 Å². The van der Waals surface area contributed by atoms with Crippen LogP contribution in [0, 0.1) is 17.8 Å². The first-order chi connectivity index (χ1) is 9.74. The highest BCUT2D eigenvalue weighted by atomic mass is 32.1. The molecule has 4 saturated carbocycles. The Morgan fingerprint density at radius 1 is 1.20 bits per heavy atom. The fourth-order valence-corrected chi connectivity index (χ4v) is 6.38.